The molecule has 0 aliphatic carbocycles. The van der Waals surface area contributed by atoms with Crippen LogP contribution in [0.5, 0.6) is 0 Å². The van der Waals surface area contributed by atoms with Crippen molar-refractivity contribution in [2.24, 2.45) is 0 Å². The maximum atomic E-state index is 12.7. The fourth-order valence-electron chi connectivity index (χ4n) is 2.77. The van der Waals surface area contributed by atoms with Gasteiger partial charge in [0.1, 0.15) is 5.84 Å². The van der Waals surface area contributed by atoms with E-state index in [1.807, 2.05) is 0 Å². The summed E-state index contributed by atoms with van der Waals surface area (Å²) in [5, 5.41) is 13.5. The molecule has 1 fully saturated rings. The van der Waals surface area contributed by atoms with Crippen LogP contribution in [-0.4, -0.2) is 67.0 Å². The molecule has 2 aromatic rings. The average molecular weight is 474 g/mol. The third-order valence-corrected chi connectivity index (χ3v) is 6.25. The largest absolute Gasteiger partial charge is 0.471 e. The van der Waals surface area contributed by atoms with Crippen LogP contribution < -0.4 is 10.6 Å². The zero-order chi connectivity index (χ0) is 22.6. The summed E-state index contributed by atoms with van der Waals surface area (Å²) in [6, 6.07) is 5.73. The number of hydrogen-bond donors (Lipinski definition) is 3. The molecule has 3 amide bonds. The summed E-state index contributed by atoms with van der Waals surface area (Å²) < 4.78 is 42.3. The molecule has 0 bridgehead atoms. The molecule has 0 saturated carbocycles. The molecule has 8 nitrogen and oxygen atoms in total. The molecule has 1 atom stereocenters. The lowest BCUT2D eigenvalue weighted by atomic mass is 10.2. The van der Waals surface area contributed by atoms with Gasteiger partial charge >= 0.3 is 12.1 Å². The molecule has 3 rings (SSSR count). The van der Waals surface area contributed by atoms with Crippen molar-refractivity contribution in [1.29, 1.82) is 5.41 Å². The molecule has 13 heteroatoms. The maximum absolute atomic E-state index is 12.7. The molecule has 1 saturated heterocycles. The van der Waals surface area contributed by atoms with E-state index < -0.39 is 23.8 Å². The van der Waals surface area contributed by atoms with E-state index in [-0.39, 0.29) is 34.9 Å². The van der Waals surface area contributed by atoms with Gasteiger partial charge in [-0.05, 0) is 23.6 Å². The first-order valence-electron chi connectivity index (χ1n) is 8.94. The number of amidine groups is 1. The van der Waals surface area contributed by atoms with E-state index in [1.54, 1.807) is 22.4 Å². The Balaban J connectivity index is 1.58. The number of alkyl halides is 3. The van der Waals surface area contributed by atoms with Crippen LogP contribution in [0.25, 0.3) is 0 Å². The quantitative estimate of drug-likeness (QED) is 0.455. The first-order chi connectivity index (χ1) is 14.7. The van der Waals surface area contributed by atoms with Crippen LogP contribution in [0, 0.1) is 5.41 Å². The second kappa shape index (κ2) is 9.58. The summed E-state index contributed by atoms with van der Waals surface area (Å²) in [7, 11) is 0. The highest BCUT2D eigenvalue weighted by atomic mass is 32.1. The number of nitrogens with zero attached hydrogens (tertiary/aromatic N) is 1. The molecule has 3 heterocycles. The van der Waals surface area contributed by atoms with Crippen molar-refractivity contribution in [2.45, 2.75) is 12.2 Å². The summed E-state index contributed by atoms with van der Waals surface area (Å²) >= 11 is 2.09. The minimum Gasteiger partial charge on any atom is -0.377 e. The van der Waals surface area contributed by atoms with Crippen LogP contribution in [0.3, 0.4) is 0 Å². The van der Waals surface area contributed by atoms with E-state index >= 15 is 0 Å². The van der Waals surface area contributed by atoms with Crippen molar-refractivity contribution in [3.63, 3.8) is 0 Å². The molecule has 0 aromatic carbocycles. The third kappa shape index (κ3) is 5.68. The third-order valence-electron chi connectivity index (χ3n) is 4.29. The highest BCUT2D eigenvalue weighted by Gasteiger charge is 2.39. The lowest BCUT2D eigenvalue weighted by Crippen LogP contribution is -2.53. The Hall–Kier alpha value is -2.77. The summed E-state index contributed by atoms with van der Waals surface area (Å²) in [6.07, 6.45) is -5.11. The van der Waals surface area contributed by atoms with Crippen molar-refractivity contribution >= 4 is 46.2 Å². The van der Waals surface area contributed by atoms with Gasteiger partial charge in [0.15, 0.2) is 0 Å². The molecular formula is C18H17F3N4O4S2. The standard InChI is InChI=1S/C18H17F3N4O4S2/c19-18(20,21)17(28)24-14(22)11-3-4-12(31-11)15(26)23-8-10-9-29-6-5-25(10)16(27)13-2-1-7-30-13/h1-4,7,10H,5-6,8-9H2,(H,23,26)(H2,22,24,28). The van der Waals surface area contributed by atoms with Gasteiger partial charge in [0.25, 0.3) is 11.8 Å². The molecule has 0 radical (unpaired) electrons. The van der Waals surface area contributed by atoms with Gasteiger partial charge in [-0.2, -0.15) is 13.2 Å². The number of nitrogens with one attached hydrogen (secondary N) is 3. The number of thiophene rings is 2. The van der Waals surface area contributed by atoms with Crippen LogP contribution in [0.2, 0.25) is 0 Å². The lowest BCUT2D eigenvalue weighted by molar-refractivity contribution is -0.171. The fourth-order valence-corrected chi connectivity index (χ4v) is 4.28. The highest BCUT2D eigenvalue weighted by Crippen LogP contribution is 2.19. The Morgan fingerprint density at radius 2 is 1.94 bits per heavy atom. The Morgan fingerprint density at radius 3 is 2.61 bits per heavy atom. The summed E-state index contributed by atoms with van der Waals surface area (Å²) in [5.41, 5.74) is 0. The summed E-state index contributed by atoms with van der Waals surface area (Å²) in [6.45, 7) is 1.14. The van der Waals surface area contributed by atoms with Crippen LogP contribution in [0.1, 0.15) is 24.2 Å². The molecule has 0 spiro atoms. The van der Waals surface area contributed by atoms with Crippen LogP contribution in [0.4, 0.5) is 13.2 Å². The van der Waals surface area contributed by atoms with Crippen molar-refractivity contribution in [1.82, 2.24) is 15.5 Å². The van der Waals surface area contributed by atoms with E-state index in [1.165, 1.54) is 28.8 Å². The molecule has 2 aromatic heterocycles. The maximum Gasteiger partial charge on any atom is 0.471 e. The smallest absolute Gasteiger partial charge is 0.377 e. The molecule has 31 heavy (non-hydrogen) atoms. The van der Waals surface area contributed by atoms with E-state index in [2.05, 4.69) is 5.32 Å². The number of carbonyl (C=O) groups excluding carboxylic acids is 3. The highest BCUT2D eigenvalue weighted by molar-refractivity contribution is 7.16. The van der Waals surface area contributed by atoms with Crippen molar-refractivity contribution in [3.8, 4) is 0 Å². The average Bonchev–Trinajstić information content (AvgIpc) is 3.43. The van der Waals surface area contributed by atoms with Crippen LogP contribution in [0.15, 0.2) is 29.6 Å². The number of ether oxygens (including phenoxy) is 1. The summed E-state index contributed by atoms with van der Waals surface area (Å²) in [5.74, 6) is -3.67. The monoisotopic (exact) mass is 474 g/mol. The Bertz CT molecular complexity index is 975. The van der Waals surface area contributed by atoms with E-state index in [0.29, 0.717) is 18.0 Å². The van der Waals surface area contributed by atoms with Gasteiger partial charge in [0.05, 0.1) is 33.9 Å². The van der Waals surface area contributed by atoms with Gasteiger partial charge in [-0.15, -0.1) is 22.7 Å². The van der Waals surface area contributed by atoms with Crippen molar-refractivity contribution < 1.29 is 32.3 Å². The molecule has 1 aliphatic heterocycles. The second-order valence-electron chi connectivity index (χ2n) is 6.41. The molecule has 3 N–H and O–H groups in total. The number of amides is 3. The topological polar surface area (TPSA) is 112 Å². The zero-order valence-electron chi connectivity index (χ0n) is 15.8. The van der Waals surface area contributed by atoms with Gasteiger partial charge in [-0.1, -0.05) is 6.07 Å². The predicted molar refractivity (Wildman–Crippen MR) is 108 cm³/mol. The lowest BCUT2D eigenvalue weighted by Gasteiger charge is -2.35. The van der Waals surface area contributed by atoms with Gasteiger partial charge in [0.2, 0.25) is 0 Å². The Morgan fingerprint density at radius 1 is 1.19 bits per heavy atom. The summed E-state index contributed by atoms with van der Waals surface area (Å²) in [4.78, 5) is 38.4. The second-order valence-corrected chi connectivity index (χ2v) is 8.44. The normalized spacial score (nSPS) is 16.6. The number of hydrogen-bond acceptors (Lipinski definition) is 7. The number of halogens is 3. The first kappa shape index (κ1) is 22.9. The molecule has 1 aliphatic rings. The molecular weight excluding hydrogens is 457 g/mol. The Kier molecular flexibility index (Phi) is 7.08. The number of rotatable bonds is 5. The van der Waals surface area contributed by atoms with Gasteiger partial charge < -0.3 is 20.3 Å². The molecule has 166 valence electrons. The van der Waals surface area contributed by atoms with Gasteiger partial charge in [-0.3, -0.25) is 19.8 Å². The number of carbonyl (C=O) groups is 3. The van der Waals surface area contributed by atoms with E-state index in [4.69, 9.17) is 10.1 Å². The Labute approximate surface area is 182 Å². The van der Waals surface area contributed by atoms with E-state index in [9.17, 15) is 27.6 Å². The fraction of sp³-hybridized carbons (Fsp3) is 0.333. The minimum absolute atomic E-state index is 0.00162. The first-order valence-corrected chi connectivity index (χ1v) is 10.6. The van der Waals surface area contributed by atoms with Crippen LogP contribution in [-0.2, 0) is 9.53 Å². The minimum atomic E-state index is -5.11. The van der Waals surface area contributed by atoms with Gasteiger partial charge in [-0.25, -0.2) is 0 Å². The SMILES string of the molecule is N=C(NC(=O)C(F)(F)F)c1ccc(C(=O)NCC2COCCN2C(=O)c2cccs2)s1. The van der Waals surface area contributed by atoms with Crippen LogP contribution >= 0.6 is 22.7 Å². The zero-order valence-corrected chi connectivity index (χ0v) is 17.5. The van der Waals surface area contributed by atoms with Crippen molar-refractivity contribution in [3.05, 3.63) is 44.3 Å². The molecule has 1 unspecified atom stereocenters. The number of morpholine rings is 1. The van der Waals surface area contributed by atoms with Gasteiger partial charge in [0, 0.05) is 13.1 Å². The predicted octanol–water partition coefficient (Wildman–Crippen LogP) is 2.08. The van der Waals surface area contributed by atoms with E-state index in [0.717, 1.165) is 11.3 Å². The van der Waals surface area contributed by atoms with Crippen molar-refractivity contribution in [2.75, 3.05) is 26.3 Å².